The molecule has 0 bridgehead atoms. The highest BCUT2D eigenvalue weighted by Gasteiger charge is 2.29. The molecule has 1 heterocycles. The molecule has 24 heavy (non-hydrogen) atoms. The van der Waals surface area contributed by atoms with Crippen molar-refractivity contribution in [3.63, 3.8) is 0 Å². The maximum atomic E-state index is 12.3. The normalized spacial score (nSPS) is 19.9. The zero-order valence-corrected chi connectivity index (χ0v) is 13.7. The van der Waals surface area contributed by atoms with Crippen LogP contribution in [0.2, 0.25) is 0 Å². The van der Waals surface area contributed by atoms with Crippen molar-refractivity contribution in [3.8, 4) is 11.5 Å². The lowest BCUT2D eigenvalue weighted by molar-refractivity contribution is -0.123. The van der Waals surface area contributed by atoms with Gasteiger partial charge in [0.05, 0.1) is 12.1 Å². The zero-order chi connectivity index (χ0) is 16.8. The van der Waals surface area contributed by atoms with Gasteiger partial charge in [0.1, 0.15) is 11.5 Å². The van der Waals surface area contributed by atoms with Gasteiger partial charge in [0.15, 0.2) is 0 Å². The van der Waals surface area contributed by atoms with Crippen LogP contribution in [0, 0.1) is 0 Å². The number of rotatable bonds is 6. The second-order valence-corrected chi connectivity index (χ2v) is 5.79. The molecule has 2 atom stereocenters. The molecule has 0 saturated carbocycles. The first kappa shape index (κ1) is 16.5. The summed E-state index contributed by atoms with van der Waals surface area (Å²) >= 11 is 0. The summed E-state index contributed by atoms with van der Waals surface area (Å²) in [7, 11) is 1.67. The van der Waals surface area contributed by atoms with Gasteiger partial charge in [-0.2, -0.15) is 0 Å². The molecule has 0 unspecified atom stereocenters. The van der Waals surface area contributed by atoms with Gasteiger partial charge in [-0.05, 0) is 24.6 Å². The average Bonchev–Trinajstić information content (AvgIpc) is 3.11. The summed E-state index contributed by atoms with van der Waals surface area (Å²) in [5.41, 5.74) is 0.941. The summed E-state index contributed by atoms with van der Waals surface area (Å²) in [6.07, 6.45) is 0.805. The molecule has 2 aromatic rings. The molecule has 1 aliphatic rings. The second-order valence-electron chi connectivity index (χ2n) is 5.79. The molecule has 0 spiro atoms. The number of carbonyl (C=O) groups excluding carboxylic acids is 1. The van der Waals surface area contributed by atoms with Gasteiger partial charge in [-0.15, -0.1) is 0 Å². The zero-order valence-electron chi connectivity index (χ0n) is 13.7. The molecular formula is C19H22N2O3. The summed E-state index contributed by atoms with van der Waals surface area (Å²) < 4.78 is 11.2. The van der Waals surface area contributed by atoms with E-state index in [1.807, 2.05) is 54.6 Å². The first-order chi connectivity index (χ1) is 11.8. The van der Waals surface area contributed by atoms with Crippen molar-refractivity contribution in [1.82, 2.24) is 10.6 Å². The van der Waals surface area contributed by atoms with Gasteiger partial charge < -0.3 is 20.1 Å². The number of benzene rings is 2. The van der Waals surface area contributed by atoms with Crippen molar-refractivity contribution in [2.45, 2.75) is 25.1 Å². The third-order valence-electron chi connectivity index (χ3n) is 4.14. The van der Waals surface area contributed by atoms with E-state index < -0.39 is 0 Å². The van der Waals surface area contributed by atoms with Gasteiger partial charge in [-0.25, -0.2) is 0 Å². The highest BCUT2D eigenvalue weighted by Crippen LogP contribution is 2.25. The molecule has 0 radical (unpaired) electrons. The number of hydrogen-bond acceptors (Lipinski definition) is 4. The number of nitrogens with one attached hydrogen (secondary N) is 2. The van der Waals surface area contributed by atoms with Gasteiger partial charge >= 0.3 is 0 Å². The smallest absolute Gasteiger partial charge is 0.237 e. The molecule has 0 aromatic heterocycles. The van der Waals surface area contributed by atoms with Crippen LogP contribution in [0.15, 0.2) is 54.6 Å². The fourth-order valence-corrected chi connectivity index (χ4v) is 2.75. The molecule has 1 amide bonds. The van der Waals surface area contributed by atoms with E-state index in [0.29, 0.717) is 19.5 Å². The van der Waals surface area contributed by atoms with Gasteiger partial charge in [0.2, 0.25) is 5.91 Å². The fourth-order valence-electron chi connectivity index (χ4n) is 2.75. The van der Waals surface area contributed by atoms with Gasteiger partial charge in [-0.1, -0.05) is 36.4 Å². The lowest BCUT2D eigenvalue weighted by Gasteiger charge is -2.14. The minimum absolute atomic E-state index is 0.0101. The molecule has 1 fully saturated rings. The van der Waals surface area contributed by atoms with Crippen LogP contribution in [0.1, 0.15) is 12.0 Å². The standard InChI is InChI=1S/C19H22N2O3/c1-23-16-11-17(20-13-16)19(22)21-12-14-7-5-6-10-18(14)24-15-8-3-2-4-9-15/h2-10,16-17,20H,11-13H2,1H3,(H,21,22)/t16-,17+/m0/s1. The Morgan fingerprint density at radius 1 is 1.17 bits per heavy atom. The van der Waals surface area contributed by atoms with E-state index in [9.17, 15) is 4.79 Å². The number of amides is 1. The van der Waals surface area contributed by atoms with E-state index in [0.717, 1.165) is 17.1 Å². The third kappa shape index (κ3) is 4.13. The maximum Gasteiger partial charge on any atom is 0.237 e. The van der Waals surface area contributed by atoms with Crippen LogP contribution in [-0.2, 0) is 16.1 Å². The minimum Gasteiger partial charge on any atom is -0.457 e. The molecule has 1 aliphatic heterocycles. The molecule has 2 aromatic carbocycles. The van der Waals surface area contributed by atoms with Crippen LogP contribution in [0.4, 0.5) is 0 Å². The number of para-hydroxylation sites is 2. The lowest BCUT2D eigenvalue weighted by atomic mass is 10.1. The van der Waals surface area contributed by atoms with Crippen LogP contribution in [0.5, 0.6) is 11.5 Å². The first-order valence-corrected chi connectivity index (χ1v) is 8.11. The van der Waals surface area contributed by atoms with E-state index >= 15 is 0 Å². The van der Waals surface area contributed by atoms with Crippen LogP contribution in [0.3, 0.4) is 0 Å². The molecule has 2 N–H and O–H groups in total. The van der Waals surface area contributed by atoms with Crippen molar-refractivity contribution in [2.75, 3.05) is 13.7 Å². The number of methoxy groups -OCH3 is 1. The number of carbonyl (C=O) groups is 1. The third-order valence-corrected chi connectivity index (χ3v) is 4.14. The van der Waals surface area contributed by atoms with E-state index in [1.54, 1.807) is 7.11 Å². The molecule has 5 heteroatoms. The first-order valence-electron chi connectivity index (χ1n) is 8.11. The van der Waals surface area contributed by atoms with E-state index in [1.165, 1.54) is 0 Å². The van der Waals surface area contributed by atoms with Crippen molar-refractivity contribution < 1.29 is 14.3 Å². The molecule has 3 rings (SSSR count). The lowest BCUT2D eigenvalue weighted by Crippen LogP contribution is -2.40. The van der Waals surface area contributed by atoms with E-state index in [2.05, 4.69) is 10.6 Å². The Morgan fingerprint density at radius 3 is 2.67 bits per heavy atom. The van der Waals surface area contributed by atoms with Crippen LogP contribution in [-0.4, -0.2) is 31.7 Å². The topological polar surface area (TPSA) is 59.6 Å². The number of ether oxygens (including phenoxy) is 2. The van der Waals surface area contributed by atoms with E-state index in [-0.39, 0.29) is 18.1 Å². The fraction of sp³-hybridized carbons (Fsp3) is 0.316. The highest BCUT2D eigenvalue weighted by atomic mass is 16.5. The Labute approximate surface area is 142 Å². The Morgan fingerprint density at radius 2 is 1.92 bits per heavy atom. The highest BCUT2D eigenvalue weighted by molar-refractivity contribution is 5.82. The van der Waals surface area contributed by atoms with Crippen LogP contribution in [0.25, 0.3) is 0 Å². The molecule has 5 nitrogen and oxygen atoms in total. The van der Waals surface area contributed by atoms with Crippen LogP contribution < -0.4 is 15.4 Å². The Kier molecular flexibility index (Phi) is 5.46. The van der Waals surface area contributed by atoms with Crippen molar-refractivity contribution in [1.29, 1.82) is 0 Å². The van der Waals surface area contributed by atoms with Crippen molar-refractivity contribution in [2.24, 2.45) is 0 Å². The second kappa shape index (κ2) is 7.95. The van der Waals surface area contributed by atoms with Crippen LogP contribution >= 0.6 is 0 Å². The SMILES string of the molecule is CO[C@@H]1CN[C@@H](C(=O)NCc2ccccc2Oc2ccccc2)C1. The summed E-state index contributed by atoms with van der Waals surface area (Å²) in [5.74, 6) is 1.51. The van der Waals surface area contributed by atoms with Gasteiger partial charge in [0, 0.05) is 25.8 Å². The Hall–Kier alpha value is -2.37. The molecule has 126 valence electrons. The molecular weight excluding hydrogens is 304 g/mol. The predicted octanol–water partition coefficient (Wildman–Crippen LogP) is 2.47. The van der Waals surface area contributed by atoms with Gasteiger partial charge in [-0.3, -0.25) is 4.79 Å². The summed E-state index contributed by atoms with van der Waals surface area (Å²) in [6.45, 7) is 1.14. The minimum atomic E-state index is -0.197. The largest absolute Gasteiger partial charge is 0.457 e. The number of hydrogen-bond donors (Lipinski definition) is 2. The quantitative estimate of drug-likeness (QED) is 0.856. The Bertz CT molecular complexity index is 675. The van der Waals surface area contributed by atoms with Gasteiger partial charge in [0.25, 0.3) is 0 Å². The van der Waals surface area contributed by atoms with Crippen molar-refractivity contribution in [3.05, 3.63) is 60.2 Å². The molecule has 0 aliphatic carbocycles. The molecule has 1 saturated heterocycles. The predicted molar refractivity (Wildman–Crippen MR) is 92.0 cm³/mol. The summed E-state index contributed by atoms with van der Waals surface area (Å²) in [4.78, 5) is 12.3. The monoisotopic (exact) mass is 326 g/mol. The summed E-state index contributed by atoms with van der Waals surface area (Å²) in [5, 5.41) is 6.15. The van der Waals surface area contributed by atoms with Crippen molar-refractivity contribution >= 4 is 5.91 Å². The van der Waals surface area contributed by atoms with E-state index in [4.69, 9.17) is 9.47 Å². The maximum absolute atomic E-state index is 12.3. The summed E-state index contributed by atoms with van der Waals surface area (Å²) in [6, 6.07) is 17.1. The average molecular weight is 326 g/mol. The Balaban J connectivity index is 1.60.